The fraction of sp³-hybridized carbons (Fsp3) is 0.700. The van der Waals surface area contributed by atoms with Crippen LogP contribution in [-0.2, 0) is 10.0 Å². The van der Waals surface area contributed by atoms with Crippen LogP contribution in [0.1, 0.15) is 31.9 Å². The van der Waals surface area contributed by atoms with Crippen molar-refractivity contribution >= 4 is 15.8 Å². The molecule has 0 bridgehead atoms. The van der Waals surface area contributed by atoms with Crippen molar-refractivity contribution in [2.24, 2.45) is 0 Å². The number of hydrogen-bond acceptors (Lipinski definition) is 5. The summed E-state index contributed by atoms with van der Waals surface area (Å²) in [5.74, 6) is 0.195. The maximum absolute atomic E-state index is 12.4. The molecule has 1 atom stereocenters. The summed E-state index contributed by atoms with van der Waals surface area (Å²) < 4.78 is 31.2. The summed E-state index contributed by atoms with van der Waals surface area (Å²) in [6.07, 6.45) is 2.82. The summed E-state index contributed by atoms with van der Waals surface area (Å²) in [7, 11) is -3.58. The first kappa shape index (κ1) is 12.4. The molecule has 1 saturated heterocycles. The predicted molar refractivity (Wildman–Crippen MR) is 62.9 cm³/mol. The molecule has 0 aromatic carbocycles. The van der Waals surface area contributed by atoms with E-state index < -0.39 is 10.0 Å². The largest absolute Gasteiger partial charge is 0.380 e. The Labute approximate surface area is 101 Å². The van der Waals surface area contributed by atoms with Crippen LogP contribution >= 0.6 is 0 Å². The Morgan fingerprint density at radius 3 is 2.71 bits per heavy atom. The lowest BCUT2D eigenvalue weighted by Gasteiger charge is -2.31. The van der Waals surface area contributed by atoms with E-state index in [0.29, 0.717) is 6.54 Å². The molecule has 6 nitrogen and oxygen atoms in total. The average molecular weight is 259 g/mol. The van der Waals surface area contributed by atoms with Crippen molar-refractivity contribution in [2.45, 2.75) is 44.0 Å². The molecule has 96 valence electrons. The van der Waals surface area contributed by atoms with Gasteiger partial charge in [0.25, 0.3) is 10.0 Å². The number of nitrogens with zero attached hydrogens (tertiary/aromatic N) is 2. The fourth-order valence-electron chi connectivity index (χ4n) is 2.24. The maximum atomic E-state index is 12.4. The number of aromatic nitrogens is 1. The normalized spacial score (nSPS) is 22.8. The molecule has 1 fully saturated rings. The van der Waals surface area contributed by atoms with Crippen LogP contribution in [0.4, 0.5) is 5.82 Å². The van der Waals surface area contributed by atoms with Gasteiger partial charge in [-0.1, -0.05) is 11.6 Å². The summed E-state index contributed by atoms with van der Waals surface area (Å²) >= 11 is 0. The molecule has 1 aliphatic heterocycles. The van der Waals surface area contributed by atoms with Crippen molar-refractivity contribution in [3.63, 3.8) is 0 Å². The van der Waals surface area contributed by atoms with E-state index in [0.717, 1.165) is 19.3 Å². The third kappa shape index (κ3) is 2.04. The third-order valence-corrected chi connectivity index (χ3v) is 5.31. The van der Waals surface area contributed by atoms with Crippen molar-refractivity contribution in [1.29, 1.82) is 0 Å². The van der Waals surface area contributed by atoms with Crippen LogP contribution in [0.25, 0.3) is 0 Å². The van der Waals surface area contributed by atoms with E-state index >= 15 is 0 Å². The molecule has 17 heavy (non-hydrogen) atoms. The zero-order valence-electron chi connectivity index (χ0n) is 10.0. The Morgan fingerprint density at radius 1 is 1.47 bits per heavy atom. The van der Waals surface area contributed by atoms with Crippen LogP contribution < -0.4 is 5.73 Å². The Morgan fingerprint density at radius 2 is 2.18 bits per heavy atom. The molecule has 7 heteroatoms. The average Bonchev–Trinajstić information content (AvgIpc) is 2.59. The predicted octanol–water partition coefficient (Wildman–Crippen LogP) is 1.13. The molecule has 0 spiro atoms. The van der Waals surface area contributed by atoms with Gasteiger partial charge >= 0.3 is 0 Å². The lowest BCUT2D eigenvalue weighted by atomic mass is 10.1. The van der Waals surface area contributed by atoms with Crippen molar-refractivity contribution in [3.05, 3.63) is 5.76 Å². The highest BCUT2D eigenvalue weighted by Gasteiger charge is 2.35. The van der Waals surface area contributed by atoms with Gasteiger partial charge in [-0.3, -0.25) is 0 Å². The lowest BCUT2D eigenvalue weighted by molar-refractivity contribution is 0.268. The van der Waals surface area contributed by atoms with E-state index in [1.165, 1.54) is 4.31 Å². The summed E-state index contributed by atoms with van der Waals surface area (Å²) in [5, 5.41) is 3.50. The maximum Gasteiger partial charge on any atom is 0.250 e. The summed E-state index contributed by atoms with van der Waals surface area (Å²) in [6.45, 7) is 4.01. The monoisotopic (exact) mass is 259 g/mol. The minimum Gasteiger partial charge on any atom is -0.380 e. The van der Waals surface area contributed by atoms with Gasteiger partial charge in [0, 0.05) is 12.6 Å². The molecule has 0 aliphatic carbocycles. The molecule has 1 aliphatic rings. The van der Waals surface area contributed by atoms with Gasteiger partial charge in [0.05, 0.1) is 0 Å². The Bertz CT molecular complexity index is 489. The van der Waals surface area contributed by atoms with Gasteiger partial charge in [0.15, 0.2) is 16.5 Å². The molecule has 0 radical (unpaired) electrons. The molecular formula is C10H17N3O3S. The number of piperidine rings is 1. The second-order valence-corrected chi connectivity index (χ2v) is 6.24. The Hall–Kier alpha value is -1.08. The first-order valence-electron chi connectivity index (χ1n) is 5.68. The fourth-order valence-corrected chi connectivity index (χ4v) is 4.13. The number of aryl methyl sites for hydroxylation is 1. The van der Waals surface area contributed by atoms with Gasteiger partial charge in [-0.2, -0.15) is 4.31 Å². The molecule has 2 N–H and O–H groups in total. The van der Waals surface area contributed by atoms with Crippen molar-refractivity contribution in [1.82, 2.24) is 9.46 Å². The van der Waals surface area contributed by atoms with E-state index in [1.807, 2.05) is 6.92 Å². The van der Waals surface area contributed by atoms with Crippen LogP contribution in [0.3, 0.4) is 0 Å². The van der Waals surface area contributed by atoms with Crippen molar-refractivity contribution in [2.75, 3.05) is 12.3 Å². The molecule has 0 unspecified atom stereocenters. The zero-order valence-corrected chi connectivity index (χ0v) is 10.8. The second kappa shape index (κ2) is 4.30. The van der Waals surface area contributed by atoms with Gasteiger partial charge in [0.1, 0.15) is 0 Å². The van der Waals surface area contributed by atoms with E-state index in [2.05, 4.69) is 5.16 Å². The van der Waals surface area contributed by atoms with E-state index in [-0.39, 0.29) is 22.5 Å². The third-order valence-electron chi connectivity index (χ3n) is 3.14. The highest BCUT2D eigenvalue weighted by atomic mass is 32.2. The van der Waals surface area contributed by atoms with Gasteiger partial charge < -0.3 is 10.3 Å². The van der Waals surface area contributed by atoms with Gasteiger partial charge in [-0.15, -0.1) is 0 Å². The smallest absolute Gasteiger partial charge is 0.250 e. The number of nitrogens with two attached hydrogens (primary N) is 1. The lowest BCUT2D eigenvalue weighted by Crippen LogP contribution is -2.42. The van der Waals surface area contributed by atoms with Gasteiger partial charge in [-0.25, -0.2) is 8.42 Å². The van der Waals surface area contributed by atoms with Crippen molar-refractivity contribution < 1.29 is 12.9 Å². The van der Waals surface area contributed by atoms with E-state index in [4.69, 9.17) is 10.3 Å². The van der Waals surface area contributed by atoms with Crippen LogP contribution in [-0.4, -0.2) is 30.5 Å². The van der Waals surface area contributed by atoms with Gasteiger partial charge in [-0.05, 0) is 26.7 Å². The van der Waals surface area contributed by atoms with E-state index in [9.17, 15) is 8.42 Å². The minimum absolute atomic E-state index is 0.00227. The molecule has 1 aromatic heterocycles. The quantitative estimate of drug-likeness (QED) is 0.859. The number of nitrogen functional groups attached to an aromatic ring is 1. The standard InChI is InChI=1S/C10H17N3O3S/c1-7-5-3-4-6-13(7)17(14,15)9-8(2)16-12-10(9)11/h7H,3-6H2,1-2H3,(H2,11,12)/t7-/m1/s1. The Balaban J connectivity index is 2.42. The number of anilines is 1. The van der Waals surface area contributed by atoms with Crippen LogP contribution in [0.15, 0.2) is 9.42 Å². The SMILES string of the molecule is Cc1onc(N)c1S(=O)(=O)N1CCCC[C@H]1C. The zero-order chi connectivity index (χ0) is 12.6. The summed E-state index contributed by atoms with van der Waals surface area (Å²) in [5.41, 5.74) is 5.57. The number of rotatable bonds is 2. The first-order chi connectivity index (χ1) is 7.94. The van der Waals surface area contributed by atoms with Crippen LogP contribution in [0, 0.1) is 6.92 Å². The highest BCUT2D eigenvalue weighted by molar-refractivity contribution is 7.89. The summed E-state index contributed by atoms with van der Waals surface area (Å²) in [6, 6.07) is 0.00227. The molecule has 2 heterocycles. The molecule has 0 amide bonds. The van der Waals surface area contributed by atoms with Gasteiger partial charge in [0.2, 0.25) is 0 Å². The number of sulfonamides is 1. The topological polar surface area (TPSA) is 89.4 Å². The molecule has 2 rings (SSSR count). The molecule has 0 saturated carbocycles. The summed E-state index contributed by atoms with van der Waals surface area (Å²) in [4.78, 5) is 0.0197. The van der Waals surface area contributed by atoms with Crippen LogP contribution in [0.5, 0.6) is 0 Å². The van der Waals surface area contributed by atoms with Crippen molar-refractivity contribution in [3.8, 4) is 0 Å². The minimum atomic E-state index is -3.58. The molecular weight excluding hydrogens is 242 g/mol. The first-order valence-corrected chi connectivity index (χ1v) is 7.12. The van der Waals surface area contributed by atoms with Crippen LogP contribution in [0.2, 0.25) is 0 Å². The second-order valence-electron chi connectivity index (χ2n) is 4.41. The highest BCUT2D eigenvalue weighted by Crippen LogP contribution is 2.29. The molecule has 1 aromatic rings. The number of hydrogen-bond donors (Lipinski definition) is 1. The van der Waals surface area contributed by atoms with E-state index in [1.54, 1.807) is 6.92 Å². The Kier molecular flexibility index (Phi) is 3.13.